The molecule has 0 fully saturated rings. The van der Waals surface area contributed by atoms with E-state index in [9.17, 15) is 9.59 Å². The molecule has 1 unspecified atom stereocenters. The molecule has 0 aliphatic carbocycles. The Morgan fingerprint density at radius 3 is 2.60 bits per heavy atom. The summed E-state index contributed by atoms with van der Waals surface area (Å²) in [5.41, 5.74) is 2.42. The van der Waals surface area contributed by atoms with Crippen molar-refractivity contribution in [2.24, 2.45) is 12.0 Å². The molecule has 1 atom stereocenters. The quantitative estimate of drug-likeness (QED) is 0.405. The molecule has 7 nitrogen and oxygen atoms in total. The van der Waals surface area contributed by atoms with Crippen molar-refractivity contribution in [3.05, 3.63) is 96.9 Å². The minimum atomic E-state index is -0.684. The number of esters is 1. The first-order valence-corrected chi connectivity index (χ1v) is 12.1. The standard InChI is InChI=1S/C27H25N3O4S/c1-5-34-26(32)23-16(2)28-27-30(25(31)22(35-27)15-17-9-8-14-29(17)3)24(23)20-12-13-21(33-4)19-11-7-6-10-18(19)20/h6-15,24H,5H2,1-4H3. The van der Waals surface area contributed by atoms with Gasteiger partial charge in [0, 0.05) is 24.3 Å². The molecular weight excluding hydrogens is 462 g/mol. The van der Waals surface area contributed by atoms with Crippen molar-refractivity contribution in [1.29, 1.82) is 0 Å². The normalized spacial score (nSPS) is 15.8. The molecule has 0 amide bonds. The number of hydrogen-bond donors (Lipinski definition) is 0. The topological polar surface area (TPSA) is 74.8 Å². The van der Waals surface area contributed by atoms with Gasteiger partial charge in [0.15, 0.2) is 4.80 Å². The van der Waals surface area contributed by atoms with E-state index in [1.807, 2.05) is 72.4 Å². The van der Waals surface area contributed by atoms with Crippen LogP contribution in [0.5, 0.6) is 5.75 Å². The SMILES string of the molecule is CCOC(=O)C1=C(C)N=c2sc(=Cc3cccn3C)c(=O)n2C1c1ccc(OC)c2ccccc12. The number of nitrogens with zero attached hydrogens (tertiary/aromatic N) is 3. The van der Waals surface area contributed by atoms with Gasteiger partial charge in [-0.2, -0.15) is 0 Å². The first-order valence-electron chi connectivity index (χ1n) is 11.3. The van der Waals surface area contributed by atoms with E-state index in [0.29, 0.717) is 20.6 Å². The third-order valence-corrected chi connectivity index (χ3v) is 7.20. The van der Waals surface area contributed by atoms with Crippen LogP contribution in [-0.4, -0.2) is 28.8 Å². The third kappa shape index (κ3) is 3.80. The van der Waals surface area contributed by atoms with Crippen molar-refractivity contribution in [3.63, 3.8) is 0 Å². The van der Waals surface area contributed by atoms with Gasteiger partial charge in [0.1, 0.15) is 5.75 Å². The molecule has 0 bridgehead atoms. The first-order chi connectivity index (χ1) is 16.9. The molecule has 1 aliphatic heterocycles. The van der Waals surface area contributed by atoms with Crippen LogP contribution in [0.1, 0.15) is 31.1 Å². The molecule has 3 heterocycles. The monoisotopic (exact) mass is 487 g/mol. The Kier molecular flexibility index (Phi) is 5.90. The summed E-state index contributed by atoms with van der Waals surface area (Å²) < 4.78 is 15.1. The molecule has 0 spiro atoms. The van der Waals surface area contributed by atoms with Crippen molar-refractivity contribution >= 4 is 34.2 Å². The Morgan fingerprint density at radius 2 is 1.91 bits per heavy atom. The van der Waals surface area contributed by atoms with Gasteiger partial charge < -0.3 is 14.0 Å². The van der Waals surface area contributed by atoms with Crippen LogP contribution in [0.4, 0.5) is 0 Å². The number of carbonyl (C=O) groups excluding carboxylic acids is 1. The van der Waals surface area contributed by atoms with E-state index in [2.05, 4.69) is 4.99 Å². The van der Waals surface area contributed by atoms with Gasteiger partial charge in [-0.05, 0) is 49.1 Å². The lowest BCUT2D eigenvalue weighted by atomic mass is 9.91. The van der Waals surface area contributed by atoms with Crippen LogP contribution < -0.4 is 19.6 Å². The summed E-state index contributed by atoms with van der Waals surface area (Å²) in [6.45, 7) is 3.78. The second-order valence-electron chi connectivity index (χ2n) is 8.25. The second-order valence-corrected chi connectivity index (χ2v) is 9.26. The summed E-state index contributed by atoms with van der Waals surface area (Å²) in [5, 5.41) is 1.79. The van der Waals surface area contributed by atoms with E-state index in [4.69, 9.17) is 9.47 Å². The molecule has 4 aromatic rings. The maximum atomic E-state index is 13.8. The van der Waals surface area contributed by atoms with E-state index < -0.39 is 12.0 Å². The van der Waals surface area contributed by atoms with Gasteiger partial charge in [-0.15, -0.1) is 0 Å². The van der Waals surface area contributed by atoms with Crippen LogP contribution >= 0.6 is 11.3 Å². The van der Waals surface area contributed by atoms with E-state index in [0.717, 1.165) is 27.8 Å². The fourth-order valence-electron chi connectivity index (χ4n) is 4.56. The van der Waals surface area contributed by atoms with Crippen LogP contribution in [0.2, 0.25) is 0 Å². The van der Waals surface area contributed by atoms with E-state index >= 15 is 0 Å². The van der Waals surface area contributed by atoms with Gasteiger partial charge >= 0.3 is 5.97 Å². The van der Waals surface area contributed by atoms with Crippen molar-refractivity contribution in [2.45, 2.75) is 19.9 Å². The number of hydrogen-bond acceptors (Lipinski definition) is 6. The number of carbonyl (C=O) groups is 1. The fraction of sp³-hybridized carbons (Fsp3) is 0.222. The van der Waals surface area contributed by atoms with Gasteiger partial charge in [0.25, 0.3) is 5.56 Å². The number of thiazole rings is 1. The predicted octanol–water partition coefficient (Wildman–Crippen LogP) is 3.30. The molecule has 2 aromatic carbocycles. The maximum absolute atomic E-state index is 13.8. The highest BCUT2D eigenvalue weighted by atomic mass is 32.1. The number of ether oxygens (including phenoxy) is 2. The lowest BCUT2D eigenvalue weighted by Gasteiger charge is -2.26. The molecule has 1 aliphatic rings. The highest BCUT2D eigenvalue weighted by Crippen LogP contribution is 2.37. The smallest absolute Gasteiger partial charge is 0.338 e. The fourth-order valence-corrected chi connectivity index (χ4v) is 5.59. The van der Waals surface area contributed by atoms with Crippen molar-refractivity contribution in [3.8, 4) is 5.75 Å². The average Bonchev–Trinajstić information content (AvgIpc) is 3.39. The van der Waals surface area contributed by atoms with E-state index in [-0.39, 0.29) is 12.2 Å². The summed E-state index contributed by atoms with van der Waals surface area (Å²) in [5.74, 6) is 0.245. The highest BCUT2D eigenvalue weighted by Gasteiger charge is 2.34. The summed E-state index contributed by atoms with van der Waals surface area (Å²) in [6, 6.07) is 14.8. The first kappa shape index (κ1) is 22.9. The number of aromatic nitrogens is 2. The number of methoxy groups -OCH3 is 1. The van der Waals surface area contributed by atoms with Gasteiger partial charge in [-0.1, -0.05) is 41.7 Å². The minimum Gasteiger partial charge on any atom is -0.496 e. The highest BCUT2D eigenvalue weighted by molar-refractivity contribution is 7.07. The maximum Gasteiger partial charge on any atom is 0.338 e. The molecule has 5 rings (SSSR count). The van der Waals surface area contributed by atoms with E-state index in [1.54, 1.807) is 25.5 Å². The Balaban J connectivity index is 1.83. The molecule has 0 saturated carbocycles. The van der Waals surface area contributed by atoms with Gasteiger partial charge in [0.05, 0.1) is 35.6 Å². The van der Waals surface area contributed by atoms with Crippen LogP contribution in [0.3, 0.4) is 0 Å². The number of fused-ring (bicyclic) bond motifs is 2. The predicted molar refractivity (Wildman–Crippen MR) is 136 cm³/mol. The third-order valence-electron chi connectivity index (χ3n) is 6.21. The zero-order valence-corrected chi connectivity index (χ0v) is 20.8. The molecular formula is C27H25N3O4S. The van der Waals surface area contributed by atoms with E-state index in [1.165, 1.54) is 11.3 Å². The zero-order valence-electron chi connectivity index (χ0n) is 19.9. The van der Waals surface area contributed by atoms with Gasteiger partial charge in [0.2, 0.25) is 0 Å². The van der Waals surface area contributed by atoms with Crippen LogP contribution in [0.25, 0.3) is 16.8 Å². The summed E-state index contributed by atoms with van der Waals surface area (Å²) in [7, 11) is 3.56. The van der Waals surface area contributed by atoms with Gasteiger partial charge in [-0.3, -0.25) is 9.36 Å². The Hall–Kier alpha value is -3.91. The second kappa shape index (κ2) is 9.03. The van der Waals surface area contributed by atoms with Crippen LogP contribution in [-0.2, 0) is 16.6 Å². The average molecular weight is 488 g/mol. The number of allylic oxidation sites excluding steroid dienone is 1. The number of aryl methyl sites for hydroxylation is 1. The summed E-state index contributed by atoms with van der Waals surface area (Å²) >= 11 is 1.32. The molecule has 2 aromatic heterocycles. The lowest BCUT2D eigenvalue weighted by Crippen LogP contribution is -2.40. The van der Waals surface area contributed by atoms with Crippen LogP contribution in [0.15, 0.2) is 75.8 Å². The van der Waals surface area contributed by atoms with Crippen molar-refractivity contribution in [1.82, 2.24) is 9.13 Å². The summed E-state index contributed by atoms with van der Waals surface area (Å²) in [4.78, 5) is 32.2. The molecule has 0 saturated heterocycles. The Bertz CT molecular complexity index is 1670. The lowest BCUT2D eigenvalue weighted by molar-refractivity contribution is -0.139. The zero-order chi connectivity index (χ0) is 24.7. The molecule has 8 heteroatoms. The minimum absolute atomic E-state index is 0.200. The van der Waals surface area contributed by atoms with Crippen LogP contribution in [0, 0.1) is 0 Å². The summed E-state index contributed by atoms with van der Waals surface area (Å²) in [6.07, 6.45) is 3.79. The van der Waals surface area contributed by atoms with Gasteiger partial charge in [-0.25, -0.2) is 9.79 Å². The Labute approximate surface area is 205 Å². The number of rotatable bonds is 5. The molecule has 0 radical (unpaired) electrons. The number of benzene rings is 2. The van der Waals surface area contributed by atoms with Crippen molar-refractivity contribution in [2.75, 3.05) is 13.7 Å². The largest absolute Gasteiger partial charge is 0.496 e. The van der Waals surface area contributed by atoms with Crippen molar-refractivity contribution < 1.29 is 14.3 Å². The Morgan fingerprint density at radius 1 is 1.14 bits per heavy atom. The molecule has 178 valence electrons. The molecule has 35 heavy (non-hydrogen) atoms. The molecule has 0 N–H and O–H groups in total.